The second-order valence-electron chi connectivity index (χ2n) is 9.10. The Bertz CT molecular complexity index is 1330. The van der Waals surface area contributed by atoms with E-state index in [0.29, 0.717) is 28.2 Å². The lowest BCUT2D eigenvalue weighted by Gasteiger charge is -2.35. The average molecular weight is 545 g/mol. The second-order valence-corrected chi connectivity index (χ2v) is 10.4. The van der Waals surface area contributed by atoms with Crippen LogP contribution in [0.2, 0.25) is 5.15 Å². The van der Waals surface area contributed by atoms with Crippen LogP contribution in [-0.4, -0.2) is 51.9 Å². The van der Waals surface area contributed by atoms with Crippen LogP contribution >= 0.6 is 23.4 Å². The van der Waals surface area contributed by atoms with Crippen molar-refractivity contribution in [1.82, 2.24) is 25.2 Å². The predicted octanol–water partition coefficient (Wildman–Crippen LogP) is 5.07. The standard InChI is InChI=1S/C29H29ClN6OS/c30-26-18-27(36-16-14-35(15-17-36)20-23-4-2-1-3-5-23)34-29(33-26)38-21-24-6-8-25(9-7-24)28(37)32-19-22-10-12-31-13-11-22/h1-13,18H,14-17,19-21H2,(H,32,37). The molecule has 1 N–H and O–H groups in total. The van der Waals surface area contributed by atoms with Crippen LogP contribution in [0.3, 0.4) is 0 Å². The predicted molar refractivity (Wildman–Crippen MR) is 152 cm³/mol. The van der Waals surface area contributed by atoms with Gasteiger partial charge in [0.1, 0.15) is 11.0 Å². The summed E-state index contributed by atoms with van der Waals surface area (Å²) in [6, 6.07) is 23.8. The third kappa shape index (κ3) is 7.31. The summed E-state index contributed by atoms with van der Waals surface area (Å²) >= 11 is 7.91. The summed E-state index contributed by atoms with van der Waals surface area (Å²) in [6.45, 7) is 5.17. The third-order valence-electron chi connectivity index (χ3n) is 6.39. The van der Waals surface area contributed by atoms with E-state index >= 15 is 0 Å². The maximum absolute atomic E-state index is 12.5. The molecule has 1 aliphatic heterocycles. The number of nitrogens with zero attached hydrogens (tertiary/aromatic N) is 5. The van der Waals surface area contributed by atoms with Gasteiger partial charge in [-0.3, -0.25) is 14.7 Å². The van der Waals surface area contributed by atoms with Crippen LogP contribution in [0.15, 0.2) is 90.3 Å². The van der Waals surface area contributed by atoms with Gasteiger partial charge in [-0.1, -0.05) is 65.8 Å². The lowest BCUT2D eigenvalue weighted by atomic mass is 10.1. The first kappa shape index (κ1) is 26.2. The number of nitrogens with one attached hydrogen (secondary N) is 1. The lowest BCUT2D eigenvalue weighted by molar-refractivity contribution is 0.0951. The van der Waals surface area contributed by atoms with Crippen molar-refractivity contribution in [3.05, 3.63) is 113 Å². The fraction of sp³-hybridized carbons (Fsp3) is 0.241. The number of benzene rings is 2. The van der Waals surface area contributed by atoms with Crippen molar-refractivity contribution in [2.45, 2.75) is 24.0 Å². The van der Waals surface area contributed by atoms with E-state index in [0.717, 1.165) is 49.7 Å². The van der Waals surface area contributed by atoms with Crippen LogP contribution in [0.1, 0.15) is 27.0 Å². The molecule has 7 nitrogen and oxygen atoms in total. The smallest absolute Gasteiger partial charge is 0.251 e. The number of carbonyl (C=O) groups is 1. The van der Waals surface area contributed by atoms with E-state index in [-0.39, 0.29) is 5.91 Å². The molecule has 0 unspecified atom stereocenters. The van der Waals surface area contributed by atoms with Crippen molar-refractivity contribution < 1.29 is 4.79 Å². The molecule has 0 atom stereocenters. The number of hydrogen-bond donors (Lipinski definition) is 1. The van der Waals surface area contributed by atoms with Gasteiger partial charge < -0.3 is 10.2 Å². The number of rotatable bonds is 9. The van der Waals surface area contributed by atoms with E-state index < -0.39 is 0 Å². The highest BCUT2D eigenvalue weighted by Crippen LogP contribution is 2.25. The molecule has 0 saturated carbocycles. The lowest BCUT2D eigenvalue weighted by Crippen LogP contribution is -2.46. The van der Waals surface area contributed by atoms with Crippen LogP contribution in [-0.2, 0) is 18.8 Å². The van der Waals surface area contributed by atoms with E-state index in [1.807, 2.05) is 42.5 Å². The van der Waals surface area contributed by atoms with Gasteiger partial charge in [0.05, 0.1) is 0 Å². The van der Waals surface area contributed by atoms with Gasteiger partial charge in [-0.05, 0) is 41.0 Å². The Labute approximate surface area is 232 Å². The maximum atomic E-state index is 12.5. The third-order valence-corrected chi connectivity index (χ3v) is 7.50. The number of carbonyl (C=O) groups excluding carboxylic acids is 1. The Morgan fingerprint density at radius 1 is 0.868 bits per heavy atom. The zero-order valence-corrected chi connectivity index (χ0v) is 22.5. The van der Waals surface area contributed by atoms with Gasteiger partial charge in [-0.25, -0.2) is 9.97 Å². The van der Waals surface area contributed by atoms with Gasteiger partial charge in [0.25, 0.3) is 5.91 Å². The van der Waals surface area contributed by atoms with Crippen molar-refractivity contribution in [3.63, 3.8) is 0 Å². The maximum Gasteiger partial charge on any atom is 0.251 e. The molecule has 5 rings (SSSR count). The van der Waals surface area contributed by atoms with Crippen molar-refractivity contribution in [2.24, 2.45) is 0 Å². The summed E-state index contributed by atoms with van der Waals surface area (Å²) in [5, 5.41) is 4.04. The molecule has 0 radical (unpaired) electrons. The normalized spacial score (nSPS) is 13.9. The molecule has 3 heterocycles. The minimum Gasteiger partial charge on any atom is -0.354 e. The minimum absolute atomic E-state index is 0.104. The number of piperazine rings is 1. The molecule has 2 aromatic carbocycles. The van der Waals surface area contributed by atoms with Gasteiger partial charge in [-0.15, -0.1) is 0 Å². The van der Waals surface area contributed by atoms with Gasteiger partial charge >= 0.3 is 0 Å². The molecule has 0 aliphatic carbocycles. The molecule has 194 valence electrons. The van der Waals surface area contributed by atoms with Crippen molar-refractivity contribution >= 4 is 35.1 Å². The summed E-state index contributed by atoms with van der Waals surface area (Å²) < 4.78 is 0. The van der Waals surface area contributed by atoms with Gasteiger partial charge in [0.15, 0.2) is 5.16 Å². The van der Waals surface area contributed by atoms with E-state index in [1.165, 1.54) is 17.3 Å². The van der Waals surface area contributed by atoms with E-state index in [1.54, 1.807) is 12.4 Å². The van der Waals surface area contributed by atoms with Gasteiger partial charge in [0, 0.05) is 69.0 Å². The van der Waals surface area contributed by atoms with Gasteiger partial charge in [-0.2, -0.15) is 0 Å². The van der Waals surface area contributed by atoms with Crippen LogP contribution in [0.25, 0.3) is 0 Å². The highest BCUT2D eigenvalue weighted by molar-refractivity contribution is 7.98. The van der Waals surface area contributed by atoms with Crippen LogP contribution in [0.5, 0.6) is 0 Å². The van der Waals surface area contributed by atoms with Crippen molar-refractivity contribution in [2.75, 3.05) is 31.1 Å². The first-order valence-electron chi connectivity index (χ1n) is 12.6. The Balaban J connectivity index is 1.12. The molecule has 4 aromatic rings. The molecule has 1 aliphatic rings. The number of aromatic nitrogens is 3. The fourth-order valence-electron chi connectivity index (χ4n) is 4.27. The van der Waals surface area contributed by atoms with Crippen LogP contribution < -0.4 is 10.2 Å². The molecular formula is C29H29ClN6OS. The molecule has 38 heavy (non-hydrogen) atoms. The zero-order valence-electron chi connectivity index (χ0n) is 21.0. The first-order valence-corrected chi connectivity index (χ1v) is 13.9. The summed E-state index contributed by atoms with van der Waals surface area (Å²) in [4.78, 5) is 30.4. The number of halogens is 1. The number of pyridine rings is 1. The van der Waals surface area contributed by atoms with E-state index in [4.69, 9.17) is 16.6 Å². The number of thioether (sulfide) groups is 1. The van der Waals surface area contributed by atoms with Gasteiger partial charge in [0.2, 0.25) is 0 Å². The number of hydrogen-bond acceptors (Lipinski definition) is 7. The topological polar surface area (TPSA) is 74.2 Å². The second kappa shape index (κ2) is 12.9. The largest absolute Gasteiger partial charge is 0.354 e. The molecule has 1 amide bonds. The van der Waals surface area contributed by atoms with E-state index in [9.17, 15) is 4.79 Å². The minimum atomic E-state index is -0.104. The Hall–Kier alpha value is -3.46. The SMILES string of the molecule is O=C(NCc1ccncc1)c1ccc(CSc2nc(Cl)cc(N3CCN(Cc4ccccc4)CC3)n2)cc1. The number of amides is 1. The Kier molecular flexibility index (Phi) is 8.86. The molecule has 1 fully saturated rings. The summed E-state index contributed by atoms with van der Waals surface area (Å²) in [7, 11) is 0. The molecule has 1 saturated heterocycles. The zero-order chi connectivity index (χ0) is 26.2. The van der Waals surface area contributed by atoms with E-state index in [2.05, 4.69) is 55.4 Å². The quantitative estimate of drug-likeness (QED) is 0.179. The molecule has 0 bridgehead atoms. The Morgan fingerprint density at radius 2 is 1.61 bits per heavy atom. The van der Waals surface area contributed by atoms with Crippen LogP contribution in [0, 0.1) is 0 Å². The molecular weight excluding hydrogens is 516 g/mol. The highest BCUT2D eigenvalue weighted by Gasteiger charge is 2.19. The average Bonchev–Trinajstić information content (AvgIpc) is 2.96. The number of anilines is 1. The highest BCUT2D eigenvalue weighted by atomic mass is 35.5. The van der Waals surface area contributed by atoms with Crippen molar-refractivity contribution in [1.29, 1.82) is 0 Å². The van der Waals surface area contributed by atoms with Crippen molar-refractivity contribution in [3.8, 4) is 0 Å². The monoisotopic (exact) mass is 544 g/mol. The molecule has 2 aromatic heterocycles. The van der Waals surface area contributed by atoms with Crippen LogP contribution in [0.4, 0.5) is 5.82 Å². The molecule has 9 heteroatoms. The summed E-state index contributed by atoms with van der Waals surface area (Å²) in [5.41, 5.74) is 4.06. The Morgan fingerprint density at radius 3 is 2.34 bits per heavy atom. The molecule has 0 spiro atoms. The summed E-state index contributed by atoms with van der Waals surface area (Å²) in [5.74, 6) is 1.45. The first-order chi connectivity index (χ1) is 18.6. The fourth-order valence-corrected chi connectivity index (χ4v) is 5.31. The summed E-state index contributed by atoms with van der Waals surface area (Å²) in [6.07, 6.45) is 3.43.